The zero-order valence-electron chi connectivity index (χ0n) is 21.1. The Bertz CT molecular complexity index is 1570. The normalized spacial score (nSPS) is 11.3. The molecule has 192 valence electrons. The third-order valence-corrected chi connectivity index (χ3v) is 6.52. The molecular weight excluding hydrogens is 492 g/mol. The second kappa shape index (κ2) is 11.0. The Morgan fingerprint density at radius 2 is 1.84 bits per heavy atom. The largest absolute Gasteiger partial charge is 0.350 e. The van der Waals surface area contributed by atoms with Crippen LogP contribution in [-0.4, -0.2) is 48.6 Å². The van der Waals surface area contributed by atoms with Crippen LogP contribution in [0.4, 0.5) is 5.69 Å². The maximum atomic E-state index is 13.2. The van der Waals surface area contributed by atoms with Crippen molar-refractivity contribution in [2.45, 2.75) is 51.9 Å². The van der Waals surface area contributed by atoms with Crippen molar-refractivity contribution in [2.75, 3.05) is 11.1 Å². The van der Waals surface area contributed by atoms with E-state index in [9.17, 15) is 19.2 Å². The molecule has 0 fully saturated rings. The first-order valence-corrected chi connectivity index (χ1v) is 12.9. The molecule has 0 saturated carbocycles. The number of thioether (sulfide) groups is 1. The molecule has 10 nitrogen and oxygen atoms in total. The first-order valence-electron chi connectivity index (χ1n) is 12.0. The molecule has 2 heterocycles. The maximum Gasteiger partial charge on any atom is 0.262 e. The Morgan fingerprint density at radius 3 is 2.54 bits per heavy atom. The third kappa shape index (κ3) is 5.56. The first kappa shape index (κ1) is 26.1. The number of amides is 2. The Labute approximate surface area is 217 Å². The Balaban J connectivity index is 1.70. The number of Topliss-reactive ketones (excluding diaryl/α,β-unsaturated/α-hetero) is 1. The number of ketones is 1. The van der Waals surface area contributed by atoms with Gasteiger partial charge in [0.05, 0.1) is 16.7 Å². The van der Waals surface area contributed by atoms with Crippen molar-refractivity contribution in [3.63, 3.8) is 0 Å². The summed E-state index contributed by atoms with van der Waals surface area (Å²) in [6.45, 7) is 7.62. The summed E-state index contributed by atoms with van der Waals surface area (Å²) < 4.78 is 3.27. The summed E-state index contributed by atoms with van der Waals surface area (Å²) >= 11 is 1.16. The summed E-state index contributed by atoms with van der Waals surface area (Å²) in [4.78, 5) is 50.2. The summed E-state index contributed by atoms with van der Waals surface area (Å²) in [5.74, 6) is -0.264. The number of carbonyl (C=O) groups excluding carboxylic acids is 3. The van der Waals surface area contributed by atoms with Crippen LogP contribution in [0.2, 0.25) is 0 Å². The third-order valence-electron chi connectivity index (χ3n) is 5.59. The molecule has 0 atom stereocenters. The van der Waals surface area contributed by atoms with Gasteiger partial charge in [0.15, 0.2) is 10.9 Å². The van der Waals surface area contributed by atoms with Crippen LogP contribution in [0.25, 0.3) is 16.7 Å². The number of hydrogen-bond donors (Lipinski definition) is 2. The zero-order valence-corrected chi connectivity index (χ0v) is 21.9. The molecule has 2 aromatic carbocycles. The lowest BCUT2D eigenvalue weighted by Gasteiger charge is -2.13. The van der Waals surface area contributed by atoms with E-state index in [1.165, 1.54) is 6.92 Å². The molecule has 2 N–H and O–H groups in total. The van der Waals surface area contributed by atoms with E-state index in [1.54, 1.807) is 51.4 Å². The van der Waals surface area contributed by atoms with Crippen LogP contribution in [-0.2, 0) is 11.3 Å². The topological polar surface area (TPSA) is 127 Å². The quantitative estimate of drug-likeness (QED) is 0.255. The second-order valence-corrected chi connectivity index (χ2v) is 9.85. The number of benzene rings is 2. The first-order chi connectivity index (χ1) is 17.7. The molecule has 0 saturated heterocycles. The standard InChI is InChI=1S/C26H28N6O4S/c1-5-11-31-24(36)20-10-9-18(23(35)27-15(2)3)13-21(20)32-25(31)29-30-26(32)37-14-22(34)28-19-8-6-7-17(12-19)16(4)33/h6-10,12-13,15H,5,11,14H2,1-4H3,(H,27,35)(H,28,34). The lowest BCUT2D eigenvalue weighted by atomic mass is 10.1. The van der Waals surface area contributed by atoms with E-state index < -0.39 is 0 Å². The summed E-state index contributed by atoms with van der Waals surface area (Å²) in [7, 11) is 0. The highest BCUT2D eigenvalue weighted by molar-refractivity contribution is 7.99. The number of aryl methyl sites for hydroxylation is 1. The van der Waals surface area contributed by atoms with Gasteiger partial charge in [0.25, 0.3) is 11.5 Å². The highest BCUT2D eigenvalue weighted by atomic mass is 32.2. The van der Waals surface area contributed by atoms with Gasteiger partial charge in [-0.3, -0.25) is 28.1 Å². The number of hydrogen-bond acceptors (Lipinski definition) is 7. The van der Waals surface area contributed by atoms with Crippen molar-refractivity contribution in [2.24, 2.45) is 0 Å². The number of aromatic nitrogens is 4. The van der Waals surface area contributed by atoms with Crippen molar-refractivity contribution >= 4 is 51.7 Å². The monoisotopic (exact) mass is 520 g/mol. The average Bonchev–Trinajstić information content (AvgIpc) is 3.28. The number of fused-ring (bicyclic) bond motifs is 3. The molecule has 0 unspecified atom stereocenters. The van der Waals surface area contributed by atoms with Crippen LogP contribution in [0.5, 0.6) is 0 Å². The van der Waals surface area contributed by atoms with Crippen LogP contribution in [0.15, 0.2) is 52.4 Å². The number of nitrogens with zero attached hydrogens (tertiary/aromatic N) is 4. The SMILES string of the molecule is CCCn1c(=O)c2ccc(C(=O)NC(C)C)cc2n2c(SCC(=O)Nc3cccc(C(C)=O)c3)nnc12. The predicted octanol–water partition coefficient (Wildman–Crippen LogP) is 3.53. The van der Waals surface area contributed by atoms with E-state index in [0.717, 1.165) is 11.8 Å². The Morgan fingerprint density at radius 1 is 1.05 bits per heavy atom. The molecule has 4 rings (SSSR count). The minimum atomic E-state index is -0.286. The average molecular weight is 521 g/mol. The highest BCUT2D eigenvalue weighted by Gasteiger charge is 2.19. The minimum Gasteiger partial charge on any atom is -0.350 e. The van der Waals surface area contributed by atoms with Crippen molar-refractivity contribution in [3.8, 4) is 0 Å². The molecule has 0 bridgehead atoms. The van der Waals surface area contributed by atoms with Gasteiger partial charge in [0.1, 0.15) is 0 Å². The summed E-state index contributed by atoms with van der Waals surface area (Å²) in [5.41, 5.74) is 1.71. The van der Waals surface area contributed by atoms with Gasteiger partial charge in [-0.1, -0.05) is 30.8 Å². The molecule has 0 spiro atoms. The van der Waals surface area contributed by atoms with Crippen LogP contribution in [0.1, 0.15) is 54.8 Å². The van der Waals surface area contributed by atoms with Gasteiger partial charge < -0.3 is 10.6 Å². The number of rotatable bonds is 9. The van der Waals surface area contributed by atoms with Gasteiger partial charge in [0.2, 0.25) is 11.7 Å². The van der Waals surface area contributed by atoms with Gasteiger partial charge >= 0.3 is 0 Å². The molecule has 37 heavy (non-hydrogen) atoms. The van der Waals surface area contributed by atoms with Crippen molar-refractivity contribution < 1.29 is 14.4 Å². The van der Waals surface area contributed by atoms with Crippen LogP contribution < -0.4 is 16.2 Å². The fourth-order valence-electron chi connectivity index (χ4n) is 3.93. The predicted molar refractivity (Wildman–Crippen MR) is 143 cm³/mol. The van der Waals surface area contributed by atoms with Gasteiger partial charge in [-0.15, -0.1) is 10.2 Å². The molecule has 0 aliphatic rings. The van der Waals surface area contributed by atoms with E-state index in [0.29, 0.717) is 51.6 Å². The molecule has 2 aromatic heterocycles. The van der Waals surface area contributed by atoms with E-state index in [1.807, 2.05) is 20.8 Å². The molecule has 2 amide bonds. The van der Waals surface area contributed by atoms with Crippen LogP contribution in [0.3, 0.4) is 0 Å². The van der Waals surface area contributed by atoms with Gasteiger partial charge in [-0.2, -0.15) is 0 Å². The fourth-order valence-corrected chi connectivity index (χ4v) is 4.67. The van der Waals surface area contributed by atoms with Crippen molar-refractivity contribution in [3.05, 3.63) is 63.9 Å². The fraction of sp³-hybridized carbons (Fsp3) is 0.308. The Kier molecular flexibility index (Phi) is 7.72. The van der Waals surface area contributed by atoms with Gasteiger partial charge in [0, 0.05) is 29.4 Å². The lowest BCUT2D eigenvalue weighted by molar-refractivity contribution is -0.113. The smallest absolute Gasteiger partial charge is 0.262 e. The van der Waals surface area contributed by atoms with Crippen molar-refractivity contribution in [1.82, 2.24) is 24.5 Å². The molecule has 11 heteroatoms. The summed E-state index contributed by atoms with van der Waals surface area (Å²) in [5, 5.41) is 15.0. The van der Waals surface area contributed by atoms with E-state index in [-0.39, 0.29) is 35.0 Å². The van der Waals surface area contributed by atoms with Gasteiger partial charge in [-0.25, -0.2) is 0 Å². The number of anilines is 1. The lowest BCUT2D eigenvalue weighted by Crippen LogP contribution is -2.30. The molecule has 0 radical (unpaired) electrons. The zero-order chi connectivity index (χ0) is 26.7. The van der Waals surface area contributed by atoms with Crippen molar-refractivity contribution in [1.29, 1.82) is 0 Å². The molecule has 0 aliphatic heterocycles. The Hall–Kier alpha value is -3.99. The minimum absolute atomic E-state index is 0.0208. The molecule has 4 aromatic rings. The summed E-state index contributed by atoms with van der Waals surface area (Å²) in [6.07, 6.45) is 0.715. The second-order valence-electron chi connectivity index (χ2n) is 8.91. The highest BCUT2D eigenvalue weighted by Crippen LogP contribution is 2.23. The van der Waals surface area contributed by atoms with E-state index >= 15 is 0 Å². The maximum absolute atomic E-state index is 13.2. The number of nitrogens with one attached hydrogen (secondary N) is 2. The molecule has 0 aliphatic carbocycles. The van der Waals surface area contributed by atoms with Gasteiger partial charge in [-0.05, 0) is 57.5 Å². The molecular formula is C26H28N6O4S. The summed E-state index contributed by atoms with van der Waals surface area (Å²) in [6, 6.07) is 11.6. The van der Waals surface area contributed by atoms with Crippen LogP contribution in [0, 0.1) is 0 Å². The van der Waals surface area contributed by atoms with Crippen LogP contribution >= 0.6 is 11.8 Å². The van der Waals surface area contributed by atoms with E-state index in [4.69, 9.17) is 0 Å². The number of carbonyl (C=O) groups is 3. The van der Waals surface area contributed by atoms with E-state index in [2.05, 4.69) is 20.8 Å².